The summed E-state index contributed by atoms with van der Waals surface area (Å²) in [5.74, 6) is 0. The Labute approximate surface area is 136 Å². The summed E-state index contributed by atoms with van der Waals surface area (Å²) in [5, 5.41) is 2.73. The molecule has 0 bridgehead atoms. The summed E-state index contributed by atoms with van der Waals surface area (Å²) < 4.78 is 36.3. The SMILES string of the molecule is CCCCc1c2ccccc2cc2cccc[n+]12.[O-][Cl+3]([O-])([O-])[O-]. The van der Waals surface area contributed by atoms with Crippen LogP contribution in [0.4, 0.5) is 0 Å². The van der Waals surface area contributed by atoms with Crippen LogP contribution >= 0.6 is 0 Å². The van der Waals surface area contributed by atoms with Crippen LogP contribution in [0, 0.1) is 10.2 Å². The Bertz CT molecular complexity index is 726. The van der Waals surface area contributed by atoms with Crippen LogP contribution in [0.2, 0.25) is 0 Å². The summed E-state index contributed by atoms with van der Waals surface area (Å²) in [5.41, 5.74) is 2.72. The first kappa shape index (κ1) is 17.6. The van der Waals surface area contributed by atoms with Crippen molar-refractivity contribution in [3.63, 3.8) is 0 Å². The van der Waals surface area contributed by atoms with E-state index in [0.29, 0.717) is 0 Å². The molecule has 0 aliphatic heterocycles. The number of unbranched alkanes of at least 4 members (excludes halogenated alkanes) is 1. The molecule has 5 nitrogen and oxygen atoms in total. The molecule has 2 aromatic heterocycles. The Morgan fingerprint density at radius 1 is 0.957 bits per heavy atom. The van der Waals surface area contributed by atoms with Gasteiger partial charge in [-0.2, -0.15) is 4.40 Å². The van der Waals surface area contributed by atoms with Gasteiger partial charge in [-0.1, -0.05) is 31.5 Å². The summed E-state index contributed by atoms with van der Waals surface area (Å²) in [6, 6.07) is 17.4. The molecule has 0 fully saturated rings. The van der Waals surface area contributed by atoms with E-state index in [-0.39, 0.29) is 0 Å². The molecule has 3 aromatic rings. The van der Waals surface area contributed by atoms with Crippen LogP contribution in [0.15, 0.2) is 54.7 Å². The number of nitrogens with zero attached hydrogens (tertiary/aromatic N) is 1. The van der Waals surface area contributed by atoms with Crippen LogP contribution in [0.1, 0.15) is 25.5 Å². The van der Waals surface area contributed by atoms with Gasteiger partial charge < -0.3 is 0 Å². The molecule has 0 aliphatic carbocycles. The molecule has 0 amide bonds. The fourth-order valence-electron chi connectivity index (χ4n) is 2.59. The van der Waals surface area contributed by atoms with E-state index >= 15 is 0 Å². The van der Waals surface area contributed by atoms with Crippen molar-refractivity contribution in [3.8, 4) is 0 Å². The molecule has 0 spiro atoms. The fourth-order valence-corrected chi connectivity index (χ4v) is 2.59. The Morgan fingerprint density at radius 3 is 2.30 bits per heavy atom. The molecule has 0 saturated carbocycles. The molecule has 6 heteroatoms. The lowest BCUT2D eigenvalue weighted by molar-refractivity contribution is -2.00. The molecule has 0 unspecified atom stereocenters. The zero-order valence-electron chi connectivity index (χ0n) is 12.8. The van der Waals surface area contributed by atoms with Crippen LogP contribution < -0.4 is 23.0 Å². The lowest BCUT2D eigenvalue weighted by atomic mass is 10.0. The molecule has 2 heterocycles. The first-order valence-corrected chi connectivity index (χ1v) is 8.56. The molecule has 3 rings (SSSR count). The van der Waals surface area contributed by atoms with Crippen LogP contribution in [0.5, 0.6) is 0 Å². The number of hydrogen-bond acceptors (Lipinski definition) is 4. The van der Waals surface area contributed by atoms with Crippen LogP contribution in [-0.2, 0) is 6.42 Å². The number of aromatic nitrogens is 1. The van der Waals surface area contributed by atoms with Crippen molar-refractivity contribution in [3.05, 3.63) is 60.4 Å². The highest BCUT2D eigenvalue weighted by atomic mass is 35.7. The molecular weight excluding hydrogens is 318 g/mol. The minimum atomic E-state index is -4.94. The Kier molecular flexibility index (Phi) is 5.87. The van der Waals surface area contributed by atoms with Gasteiger partial charge in [0.25, 0.3) is 0 Å². The third-order valence-electron chi connectivity index (χ3n) is 3.52. The van der Waals surface area contributed by atoms with E-state index < -0.39 is 10.2 Å². The van der Waals surface area contributed by atoms with Gasteiger partial charge in [0.05, 0.1) is 0 Å². The minimum absolute atomic E-state index is 1.14. The van der Waals surface area contributed by atoms with E-state index in [2.05, 4.69) is 66.1 Å². The topological polar surface area (TPSA) is 96.3 Å². The smallest absolute Gasteiger partial charge is 0.211 e. The Hall–Kier alpha value is -1.76. The van der Waals surface area contributed by atoms with E-state index in [1.165, 1.54) is 34.8 Å². The molecule has 0 N–H and O–H groups in total. The lowest BCUT2D eigenvalue weighted by Crippen LogP contribution is -2.68. The maximum absolute atomic E-state index is 8.49. The number of aryl methyl sites for hydroxylation is 1. The predicted molar refractivity (Wildman–Crippen MR) is 75.7 cm³/mol. The summed E-state index contributed by atoms with van der Waals surface area (Å²) in [7, 11) is -4.94. The molecule has 1 aromatic carbocycles. The van der Waals surface area contributed by atoms with Gasteiger partial charge in [0, 0.05) is 30.0 Å². The second kappa shape index (κ2) is 7.68. The van der Waals surface area contributed by atoms with E-state index in [1.54, 1.807) is 0 Å². The molecule has 23 heavy (non-hydrogen) atoms. The van der Waals surface area contributed by atoms with Crippen LogP contribution in [-0.4, -0.2) is 0 Å². The maximum atomic E-state index is 8.49. The molecule has 122 valence electrons. The number of benzene rings is 1. The van der Waals surface area contributed by atoms with Gasteiger partial charge in [-0.3, -0.25) is 0 Å². The third-order valence-corrected chi connectivity index (χ3v) is 3.52. The predicted octanol–water partition coefficient (Wildman–Crippen LogP) is -0.835. The Morgan fingerprint density at radius 2 is 1.61 bits per heavy atom. The molecule has 0 aliphatic rings. The molecular formula is C17H18ClNO4. The van der Waals surface area contributed by atoms with Gasteiger partial charge in [-0.25, -0.2) is 18.6 Å². The first-order valence-electron chi connectivity index (χ1n) is 7.33. The van der Waals surface area contributed by atoms with Crippen LogP contribution in [0.25, 0.3) is 16.3 Å². The average molecular weight is 336 g/mol. The van der Waals surface area contributed by atoms with Gasteiger partial charge in [-0.15, -0.1) is 10.2 Å². The summed E-state index contributed by atoms with van der Waals surface area (Å²) in [6.45, 7) is 2.25. The second-order valence-electron chi connectivity index (χ2n) is 5.16. The van der Waals surface area contributed by atoms with Gasteiger partial charge in [0.1, 0.15) is 0 Å². The molecule has 0 saturated heterocycles. The number of pyridine rings is 2. The number of rotatable bonds is 3. The Balaban J connectivity index is 0.000000338. The molecule has 0 atom stereocenters. The van der Waals surface area contributed by atoms with Gasteiger partial charge >= 0.3 is 0 Å². The van der Waals surface area contributed by atoms with Gasteiger partial charge in [-0.05, 0) is 23.9 Å². The van der Waals surface area contributed by atoms with Gasteiger partial charge in [0.2, 0.25) is 5.52 Å². The van der Waals surface area contributed by atoms with Crippen molar-refractivity contribution in [2.75, 3.05) is 0 Å². The zero-order chi connectivity index (χ0) is 16.9. The van der Waals surface area contributed by atoms with Crippen molar-refractivity contribution in [2.45, 2.75) is 26.2 Å². The van der Waals surface area contributed by atoms with E-state index in [9.17, 15) is 0 Å². The van der Waals surface area contributed by atoms with Gasteiger partial charge in [0.15, 0.2) is 11.9 Å². The standard InChI is InChI=1S/C17H18N.ClHO4/c1-2-3-11-17-16-10-5-4-8-14(16)13-15-9-6-7-12-18(15)17;2-1(3,4)5/h4-10,12-13H,2-3,11H2,1H3;(H,2,3,4,5)/q+1;/p-1. The highest BCUT2D eigenvalue weighted by molar-refractivity contribution is 5.86. The van der Waals surface area contributed by atoms with E-state index in [4.69, 9.17) is 18.6 Å². The highest BCUT2D eigenvalue weighted by Gasteiger charge is 2.14. The van der Waals surface area contributed by atoms with E-state index in [0.717, 1.165) is 6.42 Å². The highest BCUT2D eigenvalue weighted by Crippen LogP contribution is 2.19. The summed E-state index contributed by atoms with van der Waals surface area (Å²) >= 11 is 0. The van der Waals surface area contributed by atoms with Crippen molar-refractivity contribution in [1.29, 1.82) is 0 Å². The van der Waals surface area contributed by atoms with E-state index in [1.807, 2.05) is 0 Å². The largest absolute Gasteiger partial charge is 0.222 e. The summed E-state index contributed by atoms with van der Waals surface area (Å²) in [6.07, 6.45) is 5.79. The number of halogens is 1. The fraction of sp³-hybridized carbons (Fsp3) is 0.235. The zero-order valence-corrected chi connectivity index (χ0v) is 13.5. The average Bonchev–Trinajstić information content (AvgIpc) is 2.50. The molecule has 0 radical (unpaired) electrons. The number of hydrogen-bond donors (Lipinski definition) is 0. The third kappa shape index (κ3) is 5.13. The minimum Gasteiger partial charge on any atom is -0.222 e. The summed E-state index contributed by atoms with van der Waals surface area (Å²) in [4.78, 5) is 0. The lowest BCUT2D eigenvalue weighted by Gasteiger charge is -2.17. The quantitative estimate of drug-likeness (QED) is 0.461. The maximum Gasteiger partial charge on any atom is 0.211 e. The number of fused-ring (bicyclic) bond motifs is 2. The first-order chi connectivity index (χ1) is 10.9. The van der Waals surface area contributed by atoms with Crippen LogP contribution in [0.3, 0.4) is 0 Å². The second-order valence-corrected chi connectivity index (χ2v) is 5.91. The monoisotopic (exact) mass is 335 g/mol. The van der Waals surface area contributed by atoms with Crippen molar-refractivity contribution in [1.82, 2.24) is 0 Å². The van der Waals surface area contributed by atoms with Crippen molar-refractivity contribution >= 4 is 16.3 Å². The van der Waals surface area contributed by atoms with Crippen molar-refractivity contribution < 1.29 is 33.3 Å². The normalized spacial score (nSPS) is 11.3. The van der Waals surface area contributed by atoms with Crippen molar-refractivity contribution in [2.24, 2.45) is 0 Å².